The van der Waals surface area contributed by atoms with Crippen LogP contribution in [0.5, 0.6) is 5.75 Å². The van der Waals surface area contributed by atoms with Crippen molar-refractivity contribution >= 4 is 21.8 Å². The van der Waals surface area contributed by atoms with Gasteiger partial charge in [0.25, 0.3) is 5.91 Å². The smallest absolute Gasteiger partial charge is 0.257 e. The van der Waals surface area contributed by atoms with Crippen LogP contribution in [0.25, 0.3) is 5.69 Å². The topological polar surface area (TPSA) is 59.8 Å². The molecular weight excluding hydrogens is 448 g/mol. The Morgan fingerprint density at radius 1 is 1.30 bits per heavy atom. The molecule has 0 aliphatic carbocycles. The second-order valence-corrected chi connectivity index (χ2v) is 8.78. The Balaban J connectivity index is 1.32. The van der Waals surface area contributed by atoms with Gasteiger partial charge in [-0.2, -0.15) is 5.10 Å². The highest BCUT2D eigenvalue weighted by atomic mass is 79.9. The van der Waals surface area contributed by atoms with Crippen molar-refractivity contribution in [2.45, 2.75) is 32.2 Å². The first-order valence-electron chi connectivity index (χ1n) is 10.7. The van der Waals surface area contributed by atoms with E-state index in [2.05, 4.69) is 32.9 Å². The second-order valence-electron chi connectivity index (χ2n) is 7.92. The van der Waals surface area contributed by atoms with Crippen molar-refractivity contribution < 1.29 is 14.3 Å². The van der Waals surface area contributed by atoms with Gasteiger partial charge in [0.2, 0.25) is 0 Å². The molecule has 0 bridgehead atoms. The van der Waals surface area contributed by atoms with Crippen LogP contribution in [0.4, 0.5) is 0 Å². The minimum atomic E-state index is -0.00381. The molecule has 0 spiro atoms. The van der Waals surface area contributed by atoms with Gasteiger partial charge in [-0.15, -0.1) is 0 Å². The van der Waals surface area contributed by atoms with E-state index < -0.39 is 0 Å². The second kappa shape index (κ2) is 9.94. The summed E-state index contributed by atoms with van der Waals surface area (Å²) < 4.78 is 13.9. The molecule has 7 nitrogen and oxygen atoms in total. The first-order valence-corrected chi connectivity index (χ1v) is 11.5. The van der Waals surface area contributed by atoms with Crippen LogP contribution in [0, 0.1) is 0 Å². The van der Waals surface area contributed by atoms with E-state index in [0.29, 0.717) is 44.5 Å². The Kier molecular flexibility index (Phi) is 7.07. The largest absolute Gasteiger partial charge is 0.492 e. The van der Waals surface area contributed by atoms with Gasteiger partial charge < -0.3 is 19.3 Å². The third-order valence-corrected chi connectivity index (χ3v) is 6.47. The number of nitrogens with zero attached hydrogens (tertiary/aromatic N) is 4. The van der Waals surface area contributed by atoms with Crippen molar-refractivity contribution in [2.24, 2.45) is 0 Å². The lowest BCUT2D eigenvalue weighted by atomic mass is 10.2. The Labute approximate surface area is 186 Å². The van der Waals surface area contributed by atoms with Crippen LogP contribution in [0.1, 0.15) is 36.5 Å². The van der Waals surface area contributed by atoms with E-state index in [9.17, 15) is 4.79 Å². The van der Waals surface area contributed by atoms with Gasteiger partial charge in [-0.3, -0.25) is 4.79 Å². The zero-order chi connectivity index (χ0) is 20.9. The number of ether oxygens (including phenoxy) is 2. The van der Waals surface area contributed by atoms with Crippen LogP contribution >= 0.6 is 15.9 Å². The van der Waals surface area contributed by atoms with Crippen molar-refractivity contribution in [3.63, 3.8) is 0 Å². The van der Waals surface area contributed by atoms with Crippen LogP contribution in [-0.4, -0.2) is 77.5 Å². The zero-order valence-corrected chi connectivity index (χ0v) is 19.0. The van der Waals surface area contributed by atoms with Gasteiger partial charge in [-0.1, -0.05) is 0 Å². The maximum Gasteiger partial charge on any atom is 0.257 e. The first kappa shape index (κ1) is 21.3. The van der Waals surface area contributed by atoms with Gasteiger partial charge in [0, 0.05) is 31.9 Å². The summed E-state index contributed by atoms with van der Waals surface area (Å²) in [6, 6.07) is 6.57. The first-order chi connectivity index (χ1) is 14.6. The number of carbonyl (C=O) groups excluding carboxylic acids is 1. The van der Waals surface area contributed by atoms with Crippen molar-refractivity contribution in [1.29, 1.82) is 0 Å². The van der Waals surface area contributed by atoms with E-state index in [1.165, 1.54) is 19.4 Å². The zero-order valence-electron chi connectivity index (χ0n) is 17.4. The number of hydrogen-bond acceptors (Lipinski definition) is 5. The molecule has 2 aliphatic rings. The number of aromatic nitrogens is 2. The number of morpholine rings is 1. The molecule has 1 atom stereocenters. The molecule has 0 N–H and O–H groups in total. The number of hydrogen-bond donors (Lipinski definition) is 0. The van der Waals surface area contributed by atoms with Crippen LogP contribution < -0.4 is 4.74 Å². The van der Waals surface area contributed by atoms with Crippen molar-refractivity contribution in [2.75, 3.05) is 46.0 Å². The maximum absolute atomic E-state index is 12.6. The van der Waals surface area contributed by atoms with Crippen LogP contribution in [-0.2, 0) is 4.74 Å². The molecule has 30 heavy (non-hydrogen) atoms. The van der Waals surface area contributed by atoms with E-state index in [1.807, 2.05) is 18.2 Å². The van der Waals surface area contributed by atoms with Gasteiger partial charge in [0.1, 0.15) is 5.75 Å². The van der Waals surface area contributed by atoms with Gasteiger partial charge in [0.05, 0.1) is 41.7 Å². The summed E-state index contributed by atoms with van der Waals surface area (Å²) in [6.07, 6.45) is 7.03. The van der Waals surface area contributed by atoms with Gasteiger partial charge in [-0.05, 0) is 66.9 Å². The third kappa shape index (κ3) is 5.04. The molecule has 3 heterocycles. The molecule has 8 heteroatoms. The molecule has 4 rings (SSSR count). The molecular formula is C22H29BrN4O3. The van der Waals surface area contributed by atoms with Crippen LogP contribution in [0.15, 0.2) is 35.1 Å². The maximum atomic E-state index is 12.6. The lowest BCUT2D eigenvalue weighted by molar-refractivity contribution is 0.0303. The summed E-state index contributed by atoms with van der Waals surface area (Å²) in [4.78, 5) is 17.0. The number of benzene rings is 1. The van der Waals surface area contributed by atoms with E-state index in [4.69, 9.17) is 9.47 Å². The monoisotopic (exact) mass is 476 g/mol. The summed E-state index contributed by atoms with van der Waals surface area (Å²) in [5.74, 6) is 0.820. The fourth-order valence-electron chi connectivity index (χ4n) is 4.05. The van der Waals surface area contributed by atoms with Crippen molar-refractivity contribution in [3.05, 3.63) is 40.6 Å². The van der Waals surface area contributed by atoms with Crippen LogP contribution in [0.3, 0.4) is 0 Å². The van der Waals surface area contributed by atoms with E-state index >= 15 is 0 Å². The molecule has 1 aromatic carbocycles. The average molecular weight is 477 g/mol. The van der Waals surface area contributed by atoms with Crippen molar-refractivity contribution in [1.82, 2.24) is 19.6 Å². The molecule has 0 radical (unpaired) electrons. The SMILES string of the molecule is C[C@@H]1CCCN1CCCOc1ccc(-n2cc(C(=O)N3CCOCC3)cn2)cc1Br. The highest BCUT2D eigenvalue weighted by Gasteiger charge is 2.21. The molecule has 1 aromatic heterocycles. The van der Waals surface area contributed by atoms with E-state index in [1.54, 1.807) is 22.0 Å². The number of carbonyl (C=O) groups is 1. The quantitative estimate of drug-likeness (QED) is 0.573. The van der Waals surface area contributed by atoms with E-state index in [0.717, 1.165) is 28.9 Å². The minimum absolute atomic E-state index is 0.00381. The molecule has 2 aliphatic heterocycles. The minimum Gasteiger partial charge on any atom is -0.492 e. The molecule has 1 amide bonds. The lowest BCUT2D eigenvalue weighted by Gasteiger charge is -2.26. The van der Waals surface area contributed by atoms with Gasteiger partial charge in [-0.25, -0.2) is 4.68 Å². The molecule has 0 unspecified atom stereocenters. The summed E-state index contributed by atoms with van der Waals surface area (Å²) >= 11 is 3.61. The Morgan fingerprint density at radius 2 is 2.13 bits per heavy atom. The molecule has 0 saturated carbocycles. The van der Waals surface area contributed by atoms with E-state index in [-0.39, 0.29) is 5.91 Å². The molecule has 2 aromatic rings. The van der Waals surface area contributed by atoms with Crippen molar-refractivity contribution in [3.8, 4) is 11.4 Å². The highest BCUT2D eigenvalue weighted by Crippen LogP contribution is 2.28. The number of likely N-dealkylation sites (tertiary alicyclic amines) is 1. The summed E-state index contributed by atoms with van der Waals surface area (Å²) in [5.41, 5.74) is 1.46. The summed E-state index contributed by atoms with van der Waals surface area (Å²) in [5, 5.41) is 4.37. The average Bonchev–Trinajstić information content (AvgIpc) is 3.42. The fraction of sp³-hybridized carbons (Fsp3) is 0.545. The van der Waals surface area contributed by atoms with Crippen LogP contribution in [0.2, 0.25) is 0 Å². The Bertz CT molecular complexity index is 866. The Morgan fingerprint density at radius 3 is 2.87 bits per heavy atom. The predicted molar refractivity (Wildman–Crippen MR) is 118 cm³/mol. The Hall–Kier alpha value is -1.90. The number of halogens is 1. The fourth-order valence-corrected chi connectivity index (χ4v) is 4.53. The van der Waals surface area contributed by atoms with Gasteiger partial charge >= 0.3 is 0 Å². The summed E-state index contributed by atoms with van der Waals surface area (Å²) in [6.45, 7) is 7.72. The van der Waals surface area contributed by atoms with Gasteiger partial charge in [0.15, 0.2) is 0 Å². The normalized spacial score (nSPS) is 19.9. The number of rotatable bonds is 7. The standard InChI is InChI=1S/C22H29BrN4O3/c1-17-4-2-7-25(17)8-3-11-30-21-6-5-19(14-20(21)23)27-16-18(15-24-27)22(28)26-9-12-29-13-10-26/h5-6,14-17H,2-4,7-13H2,1H3/t17-/m1/s1. The predicted octanol–water partition coefficient (Wildman–Crippen LogP) is 3.36. The molecule has 2 fully saturated rings. The number of amides is 1. The lowest BCUT2D eigenvalue weighted by Crippen LogP contribution is -2.40. The molecule has 2 saturated heterocycles. The third-order valence-electron chi connectivity index (χ3n) is 5.85. The highest BCUT2D eigenvalue weighted by molar-refractivity contribution is 9.10. The summed E-state index contributed by atoms with van der Waals surface area (Å²) in [7, 11) is 0. The molecule has 162 valence electrons.